The highest BCUT2D eigenvalue weighted by Crippen LogP contribution is 2.54. The first-order chi connectivity index (χ1) is 10.3. The van der Waals surface area contributed by atoms with Crippen LogP contribution in [0.15, 0.2) is 29.2 Å². The van der Waals surface area contributed by atoms with Crippen molar-refractivity contribution in [3.8, 4) is 0 Å². The zero-order valence-corrected chi connectivity index (χ0v) is 15.0. The Balaban J connectivity index is 2.97. The van der Waals surface area contributed by atoms with Crippen LogP contribution in [0.3, 0.4) is 0 Å². The number of hydrogen-bond donors (Lipinski definition) is 0. The van der Waals surface area contributed by atoms with E-state index >= 15 is 0 Å². The highest BCUT2D eigenvalue weighted by atomic mass is 32.2. The molecule has 0 bridgehead atoms. The molecular weight excluding hydrogens is 325 g/mol. The van der Waals surface area contributed by atoms with Gasteiger partial charge in [0, 0.05) is 17.0 Å². The van der Waals surface area contributed by atoms with E-state index in [-0.39, 0.29) is 5.69 Å². The highest BCUT2D eigenvalue weighted by Gasteiger charge is 2.39. The Bertz CT molecular complexity index is 520. The number of nitro groups is 1. The molecule has 0 aliphatic carbocycles. The smallest absolute Gasteiger partial charge is 0.269 e. The van der Waals surface area contributed by atoms with Crippen molar-refractivity contribution in [1.29, 1.82) is 0 Å². The zero-order chi connectivity index (χ0) is 16.8. The second-order valence-electron chi connectivity index (χ2n) is 4.97. The lowest BCUT2D eigenvalue weighted by molar-refractivity contribution is -0.384. The molecule has 0 aliphatic rings. The molecule has 1 aromatic rings. The molecule has 0 radical (unpaired) electrons. The van der Waals surface area contributed by atoms with Crippen LogP contribution >= 0.6 is 8.38 Å². The first kappa shape index (κ1) is 19.2. The number of nitro benzene ring substituents is 1. The third-order valence-corrected chi connectivity index (χ3v) is 7.16. The zero-order valence-electron chi connectivity index (χ0n) is 13.3. The Hall–Kier alpha value is -0.880. The van der Waals surface area contributed by atoms with E-state index in [1.54, 1.807) is 0 Å². The minimum atomic E-state index is -1.39. The van der Waals surface area contributed by atoms with Crippen LogP contribution in [0.2, 0.25) is 0 Å². The third kappa shape index (κ3) is 4.81. The Morgan fingerprint density at radius 1 is 1.23 bits per heavy atom. The van der Waals surface area contributed by atoms with Crippen LogP contribution in [0.4, 0.5) is 5.69 Å². The molecular formula is C14H22NO5PS. The molecule has 6 nitrogen and oxygen atoms in total. The molecule has 2 atom stereocenters. The van der Waals surface area contributed by atoms with Crippen LogP contribution < -0.4 is 0 Å². The maximum absolute atomic E-state index is 12.8. The van der Waals surface area contributed by atoms with Crippen molar-refractivity contribution in [3.63, 3.8) is 0 Å². The van der Waals surface area contributed by atoms with E-state index in [2.05, 4.69) is 0 Å². The van der Waals surface area contributed by atoms with Crippen molar-refractivity contribution in [3.05, 3.63) is 34.4 Å². The van der Waals surface area contributed by atoms with Gasteiger partial charge >= 0.3 is 0 Å². The van der Waals surface area contributed by atoms with Crippen molar-refractivity contribution in [2.75, 3.05) is 13.2 Å². The van der Waals surface area contributed by atoms with Gasteiger partial charge in [-0.3, -0.25) is 14.3 Å². The predicted octanol–water partition coefficient (Wildman–Crippen LogP) is 4.21. The summed E-state index contributed by atoms with van der Waals surface area (Å²) < 4.78 is 23.5. The summed E-state index contributed by atoms with van der Waals surface area (Å²) in [6.45, 7) is 8.57. The van der Waals surface area contributed by atoms with Crippen LogP contribution in [0, 0.1) is 10.1 Å². The minimum Gasteiger partial charge on any atom is -0.333 e. The van der Waals surface area contributed by atoms with Gasteiger partial charge < -0.3 is 9.05 Å². The average Bonchev–Trinajstić information content (AvgIpc) is 2.50. The molecule has 0 aliphatic heterocycles. The Kier molecular flexibility index (Phi) is 7.56. The molecule has 0 heterocycles. The summed E-state index contributed by atoms with van der Waals surface area (Å²) in [7, 11) is -2.72. The SMILES string of the molecule is CCCOP(OCC)C(C)(C)S(=O)c1ccc([N+](=O)[O-])cc1. The Morgan fingerprint density at radius 3 is 2.27 bits per heavy atom. The normalized spacial score (nSPS) is 14.5. The van der Waals surface area contributed by atoms with Gasteiger partial charge in [0.05, 0.1) is 28.9 Å². The van der Waals surface area contributed by atoms with Crippen molar-refractivity contribution >= 4 is 24.9 Å². The van der Waals surface area contributed by atoms with Crippen molar-refractivity contribution in [1.82, 2.24) is 0 Å². The van der Waals surface area contributed by atoms with E-state index in [1.165, 1.54) is 24.3 Å². The summed E-state index contributed by atoms with van der Waals surface area (Å²) in [5, 5.41) is 10.7. The number of non-ortho nitro benzene ring substituents is 1. The predicted molar refractivity (Wildman–Crippen MR) is 88.4 cm³/mol. The summed E-state index contributed by atoms with van der Waals surface area (Å²) in [6, 6.07) is 5.77. The molecule has 0 aromatic heterocycles. The first-order valence-corrected chi connectivity index (χ1v) is 9.39. The Morgan fingerprint density at radius 2 is 1.82 bits per heavy atom. The number of benzene rings is 1. The van der Waals surface area contributed by atoms with Gasteiger partial charge in [0.25, 0.3) is 5.69 Å². The van der Waals surface area contributed by atoms with Crippen molar-refractivity contribution in [2.45, 2.75) is 43.5 Å². The van der Waals surface area contributed by atoms with E-state index in [9.17, 15) is 14.3 Å². The fourth-order valence-corrected chi connectivity index (χ4v) is 5.10. The quantitative estimate of drug-likeness (QED) is 0.380. The third-order valence-electron chi connectivity index (χ3n) is 2.81. The van der Waals surface area contributed by atoms with Crippen molar-refractivity contribution in [2.24, 2.45) is 0 Å². The molecule has 124 valence electrons. The molecule has 8 heteroatoms. The number of nitrogens with zero attached hydrogens (tertiary/aromatic N) is 1. The van der Waals surface area contributed by atoms with Gasteiger partial charge in [0.2, 0.25) is 0 Å². The molecule has 0 saturated carbocycles. The minimum absolute atomic E-state index is 0.0205. The molecule has 0 spiro atoms. The second-order valence-corrected chi connectivity index (χ2v) is 9.46. The van der Waals surface area contributed by atoms with E-state index in [4.69, 9.17) is 9.05 Å². The molecule has 0 saturated heterocycles. The molecule has 0 N–H and O–H groups in total. The maximum Gasteiger partial charge on any atom is 0.269 e. The van der Waals surface area contributed by atoms with Gasteiger partial charge in [-0.2, -0.15) is 0 Å². The summed E-state index contributed by atoms with van der Waals surface area (Å²) in [6.07, 6.45) is 0.853. The number of hydrogen-bond acceptors (Lipinski definition) is 5. The Labute approximate surface area is 134 Å². The van der Waals surface area contributed by atoms with Gasteiger partial charge in [-0.15, -0.1) is 0 Å². The number of rotatable bonds is 9. The van der Waals surface area contributed by atoms with E-state index in [0.29, 0.717) is 18.1 Å². The second kappa shape index (κ2) is 8.67. The van der Waals surface area contributed by atoms with Gasteiger partial charge in [0.1, 0.15) is 4.49 Å². The van der Waals surface area contributed by atoms with Crippen molar-refractivity contribution < 1.29 is 18.2 Å². The fourth-order valence-electron chi connectivity index (χ4n) is 1.69. The lowest BCUT2D eigenvalue weighted by atomic mass is 10.3. The largest absolute Gasteiger partial charge is 0.333 e. The van der Waals surface area contributed by atoms with E-state index < -0.39 is 28.6 Å². The van der Waals surface area contributed by atoms with Gasteiger partial charge in [-0.05, 0) is 39.3 Å². The standard InChI is InChI=1S/C14H22NO5PS/c1-5-11-20-21(19-6-2)14(3,4)22(18)13-9-7-12(8-10-13)15(16)17/h7-10H,5-6,11H2,1-4H3. The monoisotopic (exact) mass is 347 g/mol. The average molecular weight is 347 g/mol. The van der Waals surface area contributed by atoms with Crippen LogP contribution in [0.5, 0.6) is 0 Å². The molecule has 1 rings (SSSR count). The molecule has 2 unspecified atom stereocenters. The summed E-state index contributed by atoms with van der Waals surface area (Å²) >= 11 is 0. The van der Waals surface area contributed by atoms with E-state index in [0.717, 1.165) is 6.42 Å². The summed E-state index contributed by atoms with van der Waals surface area (Å²) in [4.78, 5) is 10.7. The first-order valence-electron chi connectivity index (χ1n) is 7.07. The van der Waals surface area contributed by atoms with Gasteiger partial charge in [-0.25, -0.2) is 0 Å². The maximum atomic E-state index is 12.8. The van der Waals surface area contributed by atoms with Gasteiger partial charge in [-0.1, -0.05) is 6.92 Å². The molecule has 22 heavy (non-hydrogen) atoms. The topological polar surface area (TPSA) is 78.7 Å². The fraction of sp³-hybridized carbons (Fsp3) is 0.571. The van der Waals surface area contributed by atoms with Crippen LogP contribution in [-0.2, 0) is 19.8 Å². The summed E-state index contributed by atoms with van der Waals surface area (Å²) in [5.74, 6) is 0. The molecule has 0 fully saturated rings. The van der Waals surface area contributed by atoms with Crippen LogP contribution in [0.25, 0.3) is 0 Å². The summed E-state index contributed by atoms with van der Waals surface area (Å²) in [5.41, 5.74) is -0.0205. The van der Waals surface area contributed by atoms with E-state index in [1.807, 2.05) is 27.7 Å². The highest BCUT2D eigenvalue weighted by molar-refractivity contribution is 7.93. The van der Waals surface area contributed by atoms with Gasteiger partial charge in [0.15, 0.2) is 8.38 Å². The van der Waals surface area contributed by atoms with Crippen LogP contribution in [-0.4, -0.2) is 26.8 Å². The lowest BCUT2D eigenvalue weighted by Gasteiger charge is -2.31. The van der Waals surface area contributed by atoms with Crippen LogP contribution in [0.1, 0.15) is 34.1 Å². The molecule has 1 aromatic carbocycles. The lowest BCUT2D eigenvalue weighted by Crippen LogP contribution is -2.26. The molecule has 0 amide bonds.